The van der Waals surface area contributed by atoms with Crippen molar-refractivity contribution in [1.29, 1.82) is 0 Å². The van der Waals surface area contributed by atoms with Gasteiger partial charge in [-0.05, 0) is 36.5 Å². The second kappa shape index (κ2) is 8.17. The van der Waals surface area contributed by atoms with E-state index in [1.807, 2.05) is 0 Å². The highest BCUT2D eigenvalue weighted by Crippen LogP contribution is 2.33. The molecule has 0 amide bonds. The number of aliphatic hydroxyl groups is 1. The second-order valence-electron chi connectivity index (χ2n) is 5.65. The highest BCUT2D eigenvalue weighted by Gasteiger charge is 2.33. The average Bonchev–Trinajstić information content (AvgIpc) is 2.47. The van der Waals surface area contributed by atoms with Gasteiger partial charge in [0.2, 0.25) is 0 Å². The first-order valence-electron chi connectivity index (χ1n) is 7.27. The first-order valence-corrected chi connectivity index (χ1v) is 7.27. The Morgan fingerprint density at radius 1 is 1.17 bits per heavy atom. The standard InChI is InChI=1S/C15H19F4NO2.ClH/c16-11-8-10(6-7-12(11)22-15(17,18)19)13(20)14(21)9-4-2-1-3-5-9;/h6-9,13-14,21H,1-5,20H2;1H/t13-,14+;/m0./s1. The van der Waals surface area contributed by atoms with E-state index < -0.39 is 30.1 Å². The molecule has 1 fully saturated rings. The summed E-state index contributed by atoms with van der Waals surface area (Å²) < 4.78 is 53.5. The molecule has 1 aliphatic rings. The minimum absolute atomic E-state index is 0. The molecule has 2 rings (SSSR count). The van der Waals surface area contributed by atoms with E-state index in [2.05, 4.69) is 4.74 Å². The van der Waals surface area contributed by atoms with E-state index >= 15 is 0 Å². The van der Waals surface area contributed by atoms with Crippen LogP contribution in [0.5, 0.6) is 5.75 Å². The molecule has 0 aliphatic heterocycles. The van der Waals surface area contributed by atoms with Crippen LogP contribution in [0.4, 0.5) is 17.6 Å². The predicted octanol–water partition coefficient (Wildman–Crippen LogP) is 4.09. The number of nitrogens with two attached hydrogens (primary N) is 1. The molecule has 1 aromatic rings. The smallest absolute Gasteiger partial charge is 0.403 e. The molecule has 1 saturated carbocycles. The Balaban J connectivity index is 0.00000264. The molecule has 1 aromatic carbocycles. The monoisotopic (exact) mass is 357 g/mol. The van der Waals surface area contributed by atoms with E-state index in [4.69, 9.17) is 5.73 Å². The van der Waals surface area contributed by atoms with E-state index in [-0.39, 0.29) is 23.9 Å². The molecule has 23 heavy (non-hydrogen) atoms. The van der Waals surface area contributed by atoms with Gasteiger partial charge >= 0.3 is 6.36 Å². The summed E-state index contributed by atoms with van der Waals surface area (Å²) in [5, 5.41) is 10.3. The number of aliphatic hydroxyl groups excluding tert-OH is 1. The molecule has 2 atom stereocenters. The fourth-order valence-electron chi connectivity index (χ4n) is 2.90. The van der Waals surface area contributed by atoms with Gasteiger partial charge < -0.3 is 15.6 Å². The van der Waals surface area contributed by atoms with Crippen molar-refractivity contribution in [3.63, 3.8) is 0 Å². The molecule has 3 N–H and O–H groups in total. The maximum atomic E-state index is 13.7. The van der Waals surface area contributed by atoms with Crippen molar-refractivity contribution in [2.24, 2.45) is 11.7 Å². The number of halogens is 5. The van der Waals surface area contributed by atoms with E-state index in [9.17, 15) is 22.7 Å². The summed E-state index contributed by atoms with van der Waals surface area (Å²) in [6, 6.07) is 2.18. The van der Waals surface area contributed by atoms with E-state index in [0.717, 1.165) is 44.2 Å². The first kappa shape index (κ1) is 20.0. The van der Waals surface area contributed by atoms with Crippen LogP contribution in [0.3, 0.4) is 0 Å². The molecule has 0 spiro atoms. The highest BCUT2D eigenvalue weighted by atomic mass is 35.5. The summed E-state index contributed by atoms with van der Waals surface area (Å²) in [4.78, 5) is 0. The largest absolute Gasteiger partial charge is 0.573 e. The molecule has 1 aliphatic carbocycles. The average molecular weight is 358 g/mol. The zero-order valence-corrected chi connectivity index (χ0v) is 13.2. The number of benzene rings is 1. The van der Waals surface area contributed by atoms with Gasteiger partial charge in [0, 0.05) is 0 Å². The molecule has 0 saturated heterocycles. The Morgan fingerprint density at radius 2 is 1.78 bits per heavy atom. The third kappa shape index (κ3) is 5.51. The number of hydrogen-bond acceptors (Lipinski definition) is 3. The quantitative estimate of drug-likeness (QED) is 0.798. The Morgan fingerprint density at radius 3 is 2.30 bits per heavy atom. The van der Waals surface area contributed by atoms with E-state index in [1.165, 1.54) is 6.07 Å². The van der Waals surface area contributed by atoms with Crippen LogP contribution in [-0.2, 0) is 0 Å². The molecular formula is C15H20ClF4NO2. The predicted molar refractivity (Wildman–Crippen MR) is 79.8 cm³/mol. The molecule has 0 aromatic heterocycles. The number of ether oxygens (including phenoxy) is 1. The van der Waals surface area contributed by atoms with Gasteiger partial charge in [0.15, 0.2) is 11.6 Å². The molecule has 0 unspecified atom stereocenters. The molecule has 3 nitrogen and oxygen atoms in total. The van der Waals surface area contributed by atoms with Crippen molar-refractivity contribution in [3.05, 3.63) is 29.6 Å². The van der Waals surface area contributed by atoms with Crippen LogP contribution in [0.15, 0.2) is 18.2 Å². The lowest BCUT2D eigenvalue weighted by Gasteiger charge is -2.30. The second-order valence-corrected chi connectivity index (χ2v) is 5.65. The summed E-state index contributed by atoms with van der Waals surface area (Å²) in [6.45, 7) is 0. The summed E-state index contributed by atoms with van der Waals surface area (Å²) in [5.74, 6) is -2.02. The third-order valence-electron chi connectivity index (χ3n) is 4.07. The maximum absolute atomic E-state index is 13.7. The number of rotatable bonds is 4. The third-order valence-corrected chi connectivity index (χ3v) is 4.07. The highest BCUT2D eigenvalue weighted by molar-refractivity contribution is 5.85. The lowest BCUT2D eigenvalue weighted by molar-refractivity contribution is -0.275. The van der Waals surface area contributed by atoms with Gasteiger partial charge in [-0.1, -0.05) is 25.3 Å². The van der Waals surface area contributed by atoms with Crippen molar-refractivity contribution in [2.75, 3.05) is 0 Å². The van der Waals surface area contributed by atoms with Gasteiger partial charge in [-0.15, -0.1) is 25.6 Å². The van der Waals surface area contributed by atoms with Gasteiger partial charge in [-0.2, -0.15) is 0 Å². The molecule has 0 bridgehead atoms. The molecule has 0 heterocycles. The normalized spacial score (nSPS) is 18.9. The summed E-state index contributed by atoms with van der Waals surface area (Å²) in [5.41, 5.74) is 6.19. The zero-order valence-electron chi connectivity index (χ0n) is 12.4. The fourth-order valence-corrected chi connectivity index (χ4v) is 2.90. The summed E-state index contributed by atoms with van der Waals surface area (Å²) in [6.07, 6.45) is -0.932. The molecule has 0 radical (unpaired) electrons. The van der Waals surface area contributed by atoms with Crippen LogP contribution >= 0.6 is 12.4 Å². The van der Waals surface area contributed by atoms with Crippen molar-refractivity contribution in [2.45, 2.75) is 50.6 Å². The summed E-state index contributed by atoms with van der Waals surface area (Å²) >= 11 is 0. The molecule has 132 valence electrons. The Hall–Kier alpha value is -1.05. The van der Waals surface area contributed by atoms with E-state index in [0.29, 0.717) is 0 Å². The van der Waals surface area contributed by atoms with Crippen molar-refractivity contribution < 1.29 is 27.4 Å². The van der Waals surface area contributed by atoms with Gasteiger partial charge in [0.1, 0.15) is 0 Å². The Kier molecular flexibility index (Phi) is 7.10. The van der Waals surface area contributed by atoms with Crippen LogP contribution in [0.2, 0.25) is 0 Å². The molecular weight excluding hydrogens is 338 g/mol. The number of hydrogen-bond donors (Lipinski definition) is 2. The van der Waals surface area contributed by atoms with Crippen LogP contribution in [0.25, 0.3) is 0 Å². The minimum atomic E-state index is -4.95. The van der Waals surface area contributed by atoms with Gasteiger partial charge in [0.05, 0.1) is 12.1 Å². The van der Waals surface area contributed by atoms with Gasteiger partial charge in [-0.3, -0.25) is 0 Å². The zero-order chi connectivity index (χ0) is 16.3. The lowest BCUT2D eigenvalue weighted by Crippen LogP contribution is -2.34. The van der Waals surface area contributed by atoms with Gasteiger partial charge in [-0.25, -0.2) is 4.39 Å². The van der Waals surface area contributed by atoms with Crippen molar-refractivity contribution in [1.82, 2.24) is 0 Å². The van der Waals surface area contributed by atoms with Crippen LogP contribution in [0.1, 0.15) is 43.7 Å². The summed E-state index contributed by atoms with van der Waals surface area (Å²) in [7, 11) is 0. The lowest BCUT2D eigenvalue weighted by atomic mass is 9.81. The maximum Gasteiger partial charge on any atom is 0.573 e. The van der Waals surface area contributed by atoms with E-state index in [1.54, 1.807) is 0 Å². The fraction of sp³-hybridized carbons (Fsp3) is 0.600. The van der Waals surface area contributed by atoms with Crippen LogP contribution in [-0.4, -0.2) is 17.6 Å². The first-order chi connectivity index (χ1) is 10.3. The Labute approximate surface area is 138 Å². The van der Waals surface area contributed by atoms with Gasteiger partial charge in [0.25, 0.3) is 0 Å². The van der Waals surface area contributed by atoms with Crippen LogP contribution in [0, 0.1) is 11.7 Å². The van der Waals surface area contributed by atoms with Crippen molar-refractivity contribution >= 4 is 12.4 Å². The Bertz CT molecular complexity index is 507. The SMILES string of the molecule is Cl.N[C@@H](c1ccc(OC(F)(F)F)c(F)c1)[C@H](O)C1CCCCC1. The molecule has 8 heteroatoms. The van der Waals surface area contributed by atoms with Crippen LogP contribution < -0.4 is 10.5 Å². The topological polar surface area (TPSA) is 55.5 Å². The number of alkyl halides is 3. The minimum Gasteiger partial charge on any atom is -0.403 e. The van der Waals surface area contributed by atoms with Crippen molar-refractivity contribution in [3.8, 4) is 5.75 Å².